The third-order valence-corrected chi connectivity index (χ3v) is 1.94. The molecule has 14 heavy (non-hydrogen) atoms. The average Bonchev–Trinajstić information content (AvgIpc) is 2.09. The smallest absolute Gasteiger partial charge is 0.221 e. The van der Waals surface area contributed by atoms with Crippen molar-refractivity contribution in [1.29, 1.82) is 0 Å². The van der Waals surface area contributed by atoms with Crippen molar-refractivity contribution in [2.75, 3.05) is 0 Å². The number of amides is 1. The molecule has 3 nitrogen and oxygen atoms in total. The SMILES string of the molecule is C#CC(CC)NC(=O)CCC(C)(C)N. The van der Waals surface area contributed by atoms with Crippen LogP contribution in [-0.2, 0) is 4.79 Å². The number of carbonyl (C=O) groups excluding carboxylic acids is 1. The summed E-state index contributed by atoms with van der Waals surface area (Å²) in [7, 11) is 0. The average molecular weight is 196 g/mol. The van der Waals surface area contributed by atoms with Gasteiger partial charge in [0, 0.05) is 12.0 Å². The summed E-state index contributed by atoms with van der Waals surface area (Å²) >= 11 is 0. The first kappa shape index (κ1) is 13.0. The molecule has 0 aliphatic rings. The van der Waals surface area contributed by atoms with Crippen LogP contribution in [0.25, 0.3) is 0 Å². The zero-order valence-corrected chi connectivity index (χ0v) is 9.26. The molecule has 0 saturated carbocycles. The van der Waals surface area contributed by atoms with Crippen molar-refractivity contribution in [3.05, 3.63) is 0 Å². The first-order valence-corrected chi connectivity index (χ1v) is 4.93. The van der Waals surface area contributed by atoms with Crippen molar-refractivity contribution >= 4 is 5.91 Å². The fourth-order valence-electron chi connectivity index (χ4n) is 0.964. The molecular weight excluding hydrogens is 176 g/mol. The Balaban J connectivity index is 3.83. The van der Waals surface area contributed by atoms with E-state index in [1.807, 2.05) is 20.8 Å². The van der Waals surface area contributed by atoms with Crippen molar-refractivity contribution in [3.63, 3.8) is 0 Å². The molecule has 0 fully saturated rings. The summed E-state index contributed by atoms with van der Waals surface area (Å²) in [6, 6.07) is -0.150. The van der Waals surface area contributed by atoms with Crippen LogP contribution < -0.4 is 11.1 Å². The summed E-state index contributed by atoms with van der Waals surface area (Å²) in [4.78, 5) is 11.4. The third kappa shape index (κ3) is 6.50. The Labute approximate surface area is 86.4 Å². The molecule has 3 heteroatoms. The van der Waals surface area contributed by atoms with Crippen LogP contribution in [0.2, 0.25) is 0 Å². The Morgan fingerprint density at radius 2 is 2.21 bits per heavy atom. The van der Waals surface area contributed by atoms with E-state index in [1.54, 1.807) is 0 Å². The molecule has 3 N–H and O–H groups in total. The van der Waals surface area contributed by atoms with Crippen LogP contribution in [0.3, 0.4) is 0 Å². The Bertz CT molecular complexity index is 222. The van der Waals surface area contributed by atoms with Gasteiger partial charge >= 0.3 is 0 Å². The van der Waals surface area contributed by atoms with E-state index in [0.29, 0.717) is 12.8 Å². The zero-order chi connectivity index (χ0) is 11.2. The van der Waals surface area contributed by atoms with Crippen molar-refractivity contribution in [2.24, 2.45) is 5.73 Å². The van der Waals surface area contributed by atoms with E-state index in [0.717, 1.165) is 6.42 Å². The van der Waals surface area contributed by atoms with E-state index in [2.05, 4.69) is 11.2 Å². The highest BCUT2D eigenvalue weighted by Gasteiger charge is 2.14. The molecule has 0 saturated heterocycles. The van der Waals surface area contributed by atoms with Crippen LogP contribution in [0, 0.1) is 12.3 Å². The maximum absolute atomic E-state index is 11.4. The molecule has 1 unspecified atom stereocenters. The van der Waals surface area contributed by atoms with Gasteiger partial charge in [0.2, 0.25) is 5.91 Å². The number of nitrogens with one attached hydrogen (secondary N) is 1. The fraction of sp³-hybridized carbons (Fsp3) is 0.727. The molecular formula is C11H20N2O. The lowest BCUT2D eigenvalue weighted by Gasteiger charge is -2.18. The van der Waals surface area contributed by atoms with E-state index >= 15 is 0 Å². The molecule has 1 amide bonds. The maximum Gasteiger partial charge on any atom is 0.221 e. The Hall–Kier alpha value is -1.01. The highest BCUT2D eigenvalue weighted by atomic mass is 16.1. The van der Waals surface area contributed by atoms with Crippen LogP contribution in [-0.4, -0.2) is 17.5 Å². The van der Waals surface area contributed by atoms with Gasteiger partial charge in [0.15, 0.2) is 0 Å². The molecule has 0 aromatic rings. The number of rotatable bonds is 5. The lowest BCUT2D eigenvalue weighted by Crippen LogP contribution is -2.37. The largest absolute Gasteiger partial charge is 0.342 e. The summed E-state index contributed by atoms with van der Waals surface area (Å²) in [5.74, 6) is 2.50. The van der Waals surface area contributed by atoms with Gasteiger partial charge in [-0.05, 0) is 26.7 Å². The standard InChI is InChI=1S/C11H20N2O/c1-5-9(6-2)13-10(14)7-8-11(3,4)12/h1,9H,6-8,12H2,2-4H3,(H,13,14). The number of terminal acetylenes is 1. The Morgan fingerprint density at radius 3 is 2.57 bits per heavy atom. The predicted octanol–water partition coefficient (Wildman–Crippen LogP) is 1.03. The molecule has 0 aromatic carbocycles. The van der Waals surface area contributed by atoms with Gasteiger partial charge in [-0.25, -0.2) is 0 Å². The summed E-state index contributed by atoms with van der Waals surface area (Å²) in [6.45, 7) is 5.75. The lowest BCUT2D eigenvalue weighted by molar-refractivity contribution is -0.121. The predicted molar refractivity (Wildman–Crippen MR) is 58.6 cm³/mol. The second kappa shape index (κ2) is 5.66. The molecule has 0 rings (SSSR count). The van der Waals surface area contributed by atoms with E-state index < -0.39 is 0 Å². The third-order valence-electron chi connectivity index (χ3n) is 1.94. The van der Waals surface area contributed by atoms with Crippen molar-refractivity contribution in [2.45, 2.75) is 51.6 Å². The minimum absolute atomic E-state index is 0.0201. The van der Waals surface area contributed by atoms with Crippen LogP contribution >= 0.6 is 0 Å². The molecule has 0 aliphatic heterocycles. The van der Waals surface area contributed by atoms with Crippen LogP contribution in [0.4, 0.5) is 0 Å². The van der Waals surface area contributed by atoms with Crippen LogP contribution in [0.1, 0.15) is 40.0 Å². The monoisotopic (exact) mass is 196 g/mol. The number of nitrogens with two attached hydrogens (primary N) is 1. The molecule has 1 atom stereocenters. The van der Waals surface area contributed by atoms with E-state index in [1.165, 1.54) is 0 Å². The topological polar surface area (TPSA) is 55.1 Å². The van der Waals surface area contributed by atoms with Crippen molar-refractivity contribution < 1.29 is 4.79 Å². The van der Waals surface area contributed by atoms with E-state index in [9.17, 15) is 4.79 Å². The molecule has 0 heterocycles. The summed E-state index contributed by atoms with van der Waals surface area (Å²) in [5.41, 5.74) is 5.46. The van der Waals surface area contributed by atoms with Crippen LogP contribution in [0.15, 0.2) is 0 Å². The number of carbonyl (C=O) groups is 1. The first-order chi connectivity index (χ1) is 6.39. The maximum atomic E-state index is 11.4. The van der Waals surface area contributed by atoms with Gasteiger partial charge in [-0.3, -0.25) is 4.79 Å². The summed E-state index contributed by atoms with van der Waals surface area (Å²) in [6.07, 6.45) is 7.08. The van der Waals surface area contributed by atoms with E-state index in [4.69, 9.17) is 12.2 Å². The first-order valence-electron chi connectivity index (χ1n) is 4.93. The molecule has 0 radical (unpaired) electrons. The number of hydrogen-bond donors (Lipinski definition) is 2. The highest BCUT2D eigenvalue weighted by Crippen LogP contribution is 2.06. The molecule has 0 aliphatic carbocycles. The van der Waals surface area contributed by atoms with Gasteiger partial charge in [0.05, 0.1) is 6.04 Å². The minimum atomic E-state index is -0.296. The van der Waals surface area contributed by atoms with Crippen LogP contribution in [0.5, 0.6) is 0 Å². The lowest BCUT2D eigenvalue weighted by atomic mass is 10.00. The fourth-order valence-corrected chi connectivity index (χ4v) is 0.964. The van der Waals surface area contributed by atoms with Gasteiger partial charge in [-0.1, -0.05) is 12.8 Å². The van der Waals surface area contributed by atoms with Gasteiger partial charge < -0.3 is 11.1 Å². The molecule has 0 aromatic heterocycles. The van der Waals surface area contributed by atoms with Gasteiger partial charge in [-0.15, -0.1) is 6.42 Å². The number of hydrogen-bond acceptors (Lipinski definition) is 2. The minimum Gasteiger partial charge on any atom is -0.342 e. The Morgan fingerprint density at radius 1 is 1.64 bits per heavy atom. The highest BCUT2D eigenvalue weighted by molar-refractivity contribution is 5.76. The molecule has 0 bridgehead atoms. The zero-order valence-electron chi connectivity index (χ0n) is 9.26. The van der Waals surface area contributed by atoms with Gasteiger partial charge in [0.25, 0.3) is 0 Å². The quantitative estimate of drug-likeness (QED) is 0.645. The van der Waals surface area contributed by atoms with Gasteiger partial charge in [0.1, 0.15) is 0 Å². The van der Waals surface area contributed by atoms with Gasteiger partial charge in [-0.2, -0.15) is 0 Å². The normalized spacial score (nSPS) is 13.1. The molecule has 80 valence electrons. The second-order valence-corrected chi connectivity index (χ2v) is 4.18. The van der Waals surface area contributed by atoms with Crippen molar-refractivity contribution in [1.82, 2.24) is 5.32 Å². The van der Waals surface area contributed by atoms with E-state index in [-0.39, 0.29) is 17.5 Å². The summed E-state index contributed by atoms with van der Waals surface area (Å²) in [5, 5.41) is 2.76. The van der Waals surface area contributed by atoms with Crippen molar-refractivity contribution in [3.8, 4) is 12.3 Å². The summed E-state index contributed by atoms with van der Waals surface area (Å²) < 4.78 is 0. The molecule has 0 spiro atoms. The Kier molecular flexibility index (Phi) is 5.26. The second-order valence-electron chi connectivity index (χ2n) is 4.18.